The third-order valence-corrected chi connectivity index (χ3v) is 6.89. The third kappa shape index (κ3) is 3.67. The van der Waals surface area contributed by atoms with E-state index >= 15 is 0 Å². The molecule has 7 nitrogen and oxygen atoms in total. The molecule has 160 valence electrons. The molecule has 0 aliphatic carbocycles. The number of piperidine rings is 1. The van der Waals surface area contributed by atoms with Crippen molar-refractivity contribution in [3.05, 3.63) is 53.6 Å². The number of aromatic nitrogens is 3. The molecule has 2 atom stereocenters. The lowest BCUT2D eigenvalue weighted by atomic mass is 9.92. The van der Waals surface area contributed by atoms with Crippen LogP contribution in [0.5, 0.6) is 0 Å². The summed E-state index contributed by atoms with van der Waals surface area (Å²) in [5.41, 5.74) is 4.95. The van der Waals surface area contributed by atoms with Gasteiger partial charge in [0.25, 0.3) is 0 Å². The van der Waals surface area contributed by atoms with E-state index in [2.05, 4.69) is 63.0 Å². The average Bonchev–Trinajstić information content (AvgIpc) is 3.24. The maximum Gasteiger partial charge on any atom is 0.124 e. The Balaban J connectivity index is 1.46. The number of para-hydroxylation sites is 1. The van der Waals surface area contributed by atoms with Crippen LogP contribution in [0.4, 0.5) is 5.69 Å². The highest BCUT2D eigenvalue weighted by atomic mass is 15.3. The normalized spacial score (nSPS) is 23.2. The van der Waals surface area contributed by atoms with E-state index in [0.717, 1.165) is 68.0 Å². The molecule has 0 radical (unpaired) electrons. The van der Waals surface area contributed by atoms with Crippen LogP contribution in [0.25, 0.3) is 11.0 Å². The number of nitrogens with one attached hydrogen (secondary N) is 1. The number of likely N-dealkylation sites (tertiary alicyclic amines) is 1. The van der Waals surface area contributed by atoms with E-state index < -0.39 is 0 Å². The molecule has 2 aliphatic rings. The molecule has 5 rings (SSSR count). The first-order valence-corrected chi connectivity index (χ1v) is 11.1. The van der Waals surface area contributed by atoms with E-state index in [0.29, 0.717) is 5.56 Å². The van der Waals surface area contributed by atoms with Crippen LogP contribution >= 0.6 is 0 Å². The first-order chi connectivity index (χ1) is 15.2. The summed E-state index contributed by atoms with van der Waals surface area (Å²) in [5, 5.41) is 9.55. The SMILES string of the molecule is CN1CCN(c2cccc3nc([C@H]4CCC[C@@H](c5ncccc5C#N)N4C)[nH]c23)CC1. The topological polar surface area (TPSA) is 75.1 Å². The highest BCUT2D eigenvalue weighted by molar-refractivity contribution is 5.89. The highest BCUT2D eigenvalue weighted by Gasteiger charge is 2.33. The Morgan fingerprint density at radius 2 is 1.84 bits per heavy atom. The maximum absolute atomic E-state index is 9.55. The quantitative estimate of drug-likeness (QED) is 0.706. The summed E-state index contributed by atoms with van der Waals surface area (Å²) >= 11 is 0. The van der Waals surface area contributed by atoms with Crippen molar-refractivity contribution in [3.63, 3.8) is 0 Å². The Morgan fingerprint density at radius 3 is 2.65 bits per heavy atom. The molecule has 7 heteroatoms. The van der Waals surface area contributed by atoms with Crippen molar-refractivity contribution in [2.24, 2.45) is 0 Å². The molecule has 2 aromatic heterocycles. The molecule has 31 heavy (non-hydrogen) atoms. The van der Waals surface area contributed by atoms with Gasteiger partial charge >= 0.3 is 0 Å². The number of benzene rings is 1. The van der Waals surface area contributed by atoms with E-state index in [1.54, 1.807) is 6.20 Å². The fourth-order valence-corrected chi connectivity index (χ4v) is 5.07. The van der Waals surface area contributed by atoms with Crippen LogP contribution < -0.4 is 4.90 Å². The number of hydrogen-bond donors (Lipinski definition) is 1. The molecule has 0 unspecified atom stereocenters. The molecule has 1 N–H and O–H groups in total. The summed E-state index contributed by atoms with van der Waals surface area (Å²) < 4.78 is 0. The van der Waals surface area contributed by atoms with E-state index in [4.69, 9.17) is 4.98 Å². The second-order valence-corrected chi connectivity index (χ2v) is 8.76. The minimum absolute atomic E-state index is 0.125. The molecule has 2 fully saturated rings. The van der Waals surface area contributed by atoms with Gasteiger partial charge < -0.3 is 14.8 Å². The number of aromatic amines is 1. The molecule has 0 spiro atoms. The number of H-pyrrole nitrogens is 1. The smallest absolute Gasteiger partial charge is 0.124 e. The fraction of sp³-hybridized carbons (Fsp3) is 0.458. The Hall–Kier alpha value is -2.95. The summed E-state index contributed by atoms with van der Waals surface area (Å²) in [6, 6.07) is 12.7. The van der Waals surface area contributed by atoms with Crippen LogP contribution in [0.2, 0.25) is 0 Å². The molecular formula is C24H29N7. The summed E-state index contributed by atoms with van der Waals surface area (Å²) in [5.74, 6) is 1.01. The van der Waals surface area contributed by atoms with Crippen LogP contribution in [-0.2, 0) is 0 Å². The van der Waals surface area contributed by atoms with Gasteiger partial charge in [-0.05, 0) is 57.6 Å². The van der Waals surface area contributed by atoms with Gasteiger partial charge in [-0.2, -0.15) is 5.26 Å². The van der Waals surface area contributed by atoms with Gasteiger partial charge in [-0.3, -0.25) is 9.88 Å². The molecule has 0 bridgehead atoms. The predicted molar refractivity (Wildman–Crippen MR) is 122 cm³/mol. The average molecular weight is 416 g/mol. The lowest BCUT2D eigenvalue weighted by Gasteiger charge is -2.38. The first kappa shape index (κ1) is 20.0. The van der Waals surface area contributed by atoms with Crippen molar-refractivity contribution in [2.75, 3.05) is 45.2 Å². The van der Waals surface area contributed by atoms with Gasteiger partial charge in [-0.15, -0.1) is 0 Å². The minimum atomic E-state index is 0.125. The van der Waals surface area contributed by atoms with Crippen molar-refractivity contribution >= 4 is 16.7 Å². The summed E-state index contributed by atoms with van der Waals surface area (Å²) in [7, 11) is 4.32. The number of hydrogen-bond acceptors (Lipinski definition) is 6. The Labute approximate surface area is 183 Å². The summed E-state index contributed by atoms with van der Waals surface area (Å²) in [6.45, 7) is 4.23. The molecule has 4 heterocycles. The zero-order chi connectivity index (χ0) is 21.4. The van der Waals surface area contributed by atoms with Crippen molar-refractivity contribution < 1.29 is 0 Å². The number of anilines is 1. The summed E-state index contributed by atoms with van der Waals surface area (Å²) in [6.07, 6.45) is 4.93. The number of nitriles is 1. The van der Waals surface area contributed by atoms with Crippen LogP contribution in [0.3, 0.4) is 0 Å². The van der Waals surface area contributed by atoms with Gasteiger partial charge in [0, 0.05) is 32.4 Å². The molecule has 3 aromatic rings. The number of nitrogens with zero attached hydrogens (tertiary/aromatic N) is 6. The number of imidazole rings is 1. The van der Waals surface area contributed by atoms with Gasteiger partial charge in [0.05, 0.1) is 40.1 Å². The zero-order valence-corrected chi connectivity index (χ0v) is 18.3. The fourth-order valence-electron chi connectivity index (χ4n) is 5.07. The lowest BCUT2D eigenvalue weighted by Crippen LogP contribution is -2.44. The standard InChI is InChI=1S/C24H29N7/c1-29-12-14-31(15-13-29)20-9-3-7-18-23(20)28-24(27-18)21-10-4-8-19(30(21)2)22-17(16-25)6-5-11-26-22/h3,5-7,9,11,19,21H,4,8,10,12-15H2,1-2H3,(H,27,28)/t19-,21+/m0/s1. The van der Waals surface area contributed by atoms with Crippen molar-refractivity contribution in [3.8, 4) is 6.07 Å². The Kier molecular flexibility index (Phi) is 5.34. The van der Waals surface area contributed by atoms with Crippen molar-refractivity contribution in [1.82, 2.24) is 24.8 Å². The van der Waals surface area contributed by atoms with Crippen LogP contribution in [-0.4, -0.2) is 65.0 Å². The molecule has 0 saturated carbocycles. The molecule has 1 aromatic carbocycles. The molecular weight excluding hydrogens is 386 g/mol. The number of pyridine rings is 1. The maximum atomic E-state index is 9.55. The Bertz CT molecular complexity index is 1110. The van der Waals surface area contributed by atoms with E-state index in [-0.39, 0.29) is 12.1 Å². The van der Waals surface area contributed by atoms with Gasteiger partial charge in [-0.1, -0.05) is 6.07 Å². The van der Waals surface area contributed by atoms with Gasteiger partial charge in [-0.25, -0.2) is 4.98 Å². The lowest BCUT2D eigenvalue weighted by molar-refractivity contribution is 0.107. The number of likely N-dealkylation sites (N-methyl/N-ethyl adjacent to an activating group) is 1. The van der Waals surface area contributed by atoms with Gasteiger partial charge in [0.1, 0.15) is 11.9 Å². The largest absolute Gasteiger partial charge is 0.367 e. The van der Waals surface area contributed by atoms with E-state index in [9.17, 15) is 5.26 Å². The van der Waals surface area contributed by atoms with E-state index in [1.165, 1.54) is 5.69 Å². The van der Waals surface area contributed by atoms with E-state index in [1.807, 2.05) is 12.1 Å². The van der Waals surface area contributed by atoms with Crippen LogP contribution in [0.15, 0.2) is 36.5 Å². The molecule has 2 aliphatic heterocycles. The first-order valence-electron chi connectivity index (χ1n) is 11.1. The minimum Gasteiger partial charge on any atom is -0.367 e. The molecule has 0 amide bonds. The van der Waals surface area contributed by atoms with Crippen LogP contribution in [0, 0.1) is 11.3 Å². The number of rotatable bonds is 3. The predicted octanol–water partition coefficient (Wildman–Crippen LogP) is 3.48. The zero-order valence-electron chi connectivity index (χ0n) is 18.3. The van der Waals surface area contributed by atoms with Crippen molar-refractivity contribution in [1.29, 1.82) is 5.26 Å². The second-order valence-electron chi connectivity index (χ2n) is 8.76. The number of fused-ring (bicyclic) bond motifs is 1. The Morgan fingerprint density at radius 1 is 1.03 bits per heavy atom. The summed E-state index contributed by atoms with van der Waals surface area (Å²) in [4.78, 5) is 20.4. The number of piperazine rings is 1. The second kappa shape index (κ2) is 8.29. The van der Waals surface area contributed by atoms with Gasteiger partial charge in [0.15, 0.2) is 0 Å². The van der Waals surface area contributed by atoms with Crippen LogP contribution in [0.1, 0.15) is 48.4 Å². The van der Waals surface area contributed by atoms with Crippen molar-refractivity contribution in [2.45, 2.75) is 31.3 Å². The monoisotopic (exact) mass is 415 g/mol. The third-order valence-electron chi connectivity index (χ3n) is 6.89. The van der Waals surface area contributed by atoms with Gasteiger partial charge in [0.2, 0.25) is 0 Å². The highest BCUT2D eigenvalue weighted by Crippen LogP contribution is 2.40. The molecule has 2 saturated heterocycles.